The average Bonchev–Trinajstić information content (AvgIpc) is 3.01. The standard InChI is InChI=1S/C24H28N2O5/c1-15-9-11-16(12-10-15)21(27)19-20(17-7-6-8-18(30-4)23(17)31-5)26(14-13-25(2)3)24(29)22(19)28/h6-12,20,27H,13-14H2,1-5H3/t20-/m0/s1. The summed E-state index contributed by atoms with van der Waals surface area (Å²) >= 11 is 0. The van der Waals surface area contributed by atoms with Crippen LogP contribution in [0.2, 0.25) is 0 Å². The van der Waals surface area contributed by atoms with Crippen molar-refractivity contribution in [3.05, 3.63) is 64.7 Å². The Morgan fingerprint density at radius 2 is 1.74 bits per heavy atom. The summed E-state index contributed by atoms with van der Waals surface area (Å²) in [5, 5.41) is 11.1. The smallest absolute Gasteiger partial charge is 0.295 e. The van der Waals surface area contributed by atoms with Gasteiger partial charge in [0, 0.05) is 24.2 Å². The van der Waals surface area contributed by atoms with Gasteiger partial charge >= 0.3 is 0 Å². The summed E-state index contributed by atoms with van der Waals surface area (Å²) < 4.78 is 11.0. The van der Waals surface area contributed by atoms with Crippen molar-refractivity contribution in [1.29, 1.82) is 0 Å². The second kappa shape index (κ2) is 9.22. The molecule has 0 unspecified atom stereocenters. The SMILES string of the molecule is COc1cccc([C@H]2C(=C(O)c3ccc(C)cc3)C(=O)C(=O)N2CCN(C)C)c1OC. The predicted molar refractivity (Wildman–Crippen MR) is 118 cm³/mol. The molecule has 2 aromatic carbocycles. The molecule has 3 rings (SSSR count). The number of Topliss-reactive ketones (excluding diaryl/α,β-unsaturated/α-hetero) is 1. The molecule has 31 heavy (non-hydrogen) atoms. The van der Waals surface area contributed by atoms with E-state index in [1.165, 1.54) is 19.1 Å². The van der Waals surface area contributed by atoms with E-state index in [4.69, 9.17) is 9.47 Å². The monoisotopic (exact) mass is 424 g/mol. The van der Waals surface area contributed by atoms with Crippen LogP contribution in [0.3, 0.4) is 0 Å². The summed E-state index contributed by atoms with van der Waals surface area (Å²) in [5.74, 6) is -0.673. The minimum absolute atomic E-state index is 0.0409. The third-order valence-corrected chi connectivity index (χ3v) is 5.38. The Bertz CT molecular complexity index is 1010. The molecule has 1 fully saturated rings. The number of ketones is 1. The van der Waals surface area contributed by atoms with Gasteiger partial charge in [-0.25, -0.2) is 0 Å². The van der Waals surface area contributed by atoms with Crippen LogP contribution in [0.1, 0.15) is 22.7 Å². The Morgan fingerprint density at radius 3 is 2.32 bits per heavy atom. The molecule has 0 saturated carbocycles. The van der Waals surface area contributed by atoms with Crippen molar-refractivity contribution in [3.63, 3.8) is 0 Å². The van der Waals surface area contributed by atoms with Crippen LogP contribution in [0, 0.1) is 6.92 Å². The van der Waals surface area contributed by atoms with Crippen LogP contribution in [0.25, 0.3) is 5.76 Å². The number of hydrogen-bond acceptors (Lipinski definition) is 6. The third-order valence-electron chi connectivity index (χ3n) is 5.38. The van der Waals surface area contributed by atoms with Gasteiger partial charge < -0.3 is 24.4 Å². The minimum Gasteiger partial charge on any atom is -0.507 e. The molecule has 0 bridgehead atoms. The number of likely N-dealkylation sites (tertiary alicyclic amines) is 1. The van der Waals surface area contributed by atoms with Gasteiger partial charge in [0.25, 0.3) is 11.7 Å². The molecule has 1 aliphatic heterocycles. The summed E-state index contributed by atoms with van der Waals surface area (Å²) in [6.07, 6.45) is 0. The fourth-order valence-electron chi connectivity index (χ4n) is 3.74. The molecule has 1 N–H and O–H groups in total. The molecule has 1 aliphatic rings. The number of carbonyl (C=O) groups excluding carboxylic acids is 2. The summed E-state index contributed by atoms with van der Waals surface area (Å²) in [6.45, 7) is 2.80. The molecule has 2 aromatic rings. The van der Waals surface area contributed by atoms with E-state index in [0.717, 1.165) is 5.56 Å². The summed E-state index contributed by atoms with van der Waals surface area (Å²) in [7, 11) is 6.82. The molecule has 1 saturated heterocycles. The summed E-state index contributed by atoms with van der Waals surface area (Å²) in [4.78, 5) is 29.5. The minimum atomic E-state index is -0.800. The highest BCUT2D eigenvalue weighted by Crippen LogP contribution is 2.45. The molecule has 164 valence electrons. The van der Waals surface area contributed by atoms with Gasteiger partial charge in [0.2, 0.25) is 0 Å². The predicted octanol–water partition coefficient (Wildman–Crippen LogP) is 3.00. The van der Waals surface area contributed by atoms with Gasteiger partial charge in [-0.1, -0.05) is 42.0 Å². The molecular weight excluding hydrogens is 396 g/mol. The quantitative estimate of drug-likeness (QED) is 0.418. The van der Waals surface area contributed by atoms with Crippen LogP contribution >= 0.6 is 0 Å². The highest BCUT2D eigenvalue weighted by molar-refractivity contribution is 6.46. The van der Waals surface area contributed by atoms with E-state index in [1.807, 2.05) is 38.1 Å². The number of aryl methyl sites for hydroxylation is 1. The first kappa shape index (κ1) is 22.4. The van der Waals surface area contributed by atoms with E-state index in [0.29, 0.717) is 35.7 Å². The number of aliphatic hydroxyl groups excluding tert-OH is 1. The number of aliphatic hydroxyl groups is 1. The van der Waals surface area contributed by atoms with E-state index < -0.39 is 17.7 Å². The van der Waals surface area contributed by atoms with Gasteiger partial charge in [-0.15, -0.1) is 0 Å². The van der Waals surface area contributed by atoms with E-state index in [-0.39, 0.29) is 11.3 Å². The van der Waals surface area contributed by atoms with Crippen molar-refractivity contribution in [2.24, 2.45) is 0 Å². The van der Waals surface area contributed by atoms with Gasteiger partial charge in [0.05, 0.1) is 25.8 Å². The number of nitrogens with zero attached hydrogens (tertiary/aromatic N) is 2. The van der Waals surface area contributed by atoms with Crippen molar-refractivity contribution >= 4 is 17.4 Å². The fourth-order valence-corrected chi connectivity index (χ4v) is 3.74. The lowest BCUT2D eigenvalue weighted by atomic mass is 9.94. The number of amides is 1. The molecule has 7 heteroatoms. The van der Waals surface area contributed by atoms with Crippen molar-refractivity contribution in [2.75, 3.05) is 41.4 Å². The van der Waals surface area contributed by atoms with E-state index in [9.17, 15) is 14.7 Å². The normalized spacial score (nSPS) is 18.0. The Balaban J connectivity index is 2.23. The summed E-state index contributed by atoms with van der Waals surface area (Å²) in [6, 6.07) is 11.7. The lowest BCUT2D eigenvalue weighted by Gasteiger charge is -2.28. The van der Waals surface area contributed by atoms with Gasteiger partial charge in [-0.3, -0.25) is 9.59 Å². The number of methoxy groups -OCH3 is 2. The first-order valence-corrected chi connectivity index (χ1v) is 10.0. The molecule has 1 heterocycles. The van der Waals surface area contributed by atoms with Gasteiger partial charge in [-0.2, -0.15) is 0 Å². The molecular formula is C24H28N2O5. The first-order valence-electron chi connectivity index (χ1n) is 10.0. The van der Waals surface area contributed by atoms with Gasteiger partial charge in [0.1, 0.15) is 5.76 Å². The van der Waals surface area contributed by atoms with Crippen LogP contribution in [-0.4, -0.2) is 68.0 Å². The Kier molecular flexibility index (Phi) is 6.65. The van der Waals surface area contributed by atoms with E-state index >= 15 is 0 Å². The molecule has 1 atom stereocenters. The van der Waals surface area contributed by atoms with Crippen molar-refractivity contribution in [1.82, 2.24) is 9.80 Å². The molecule has 7 nitrogen and oxygen atoms in total. The highest BCUT2D eigenvalue weighted by Gasteiger charge is 2.47. The van der Waals surface area contributed by atoms with E-state index in [2.05, 4.69) is 0 Å². The second-order valence-electron chi connectivity index (χ2n) is 7.74. The van der Waals surface area contributed by atoms with Crippen molar-refractivity contribution < 1.29 is 24.2 Å². The maximum Gasteiger partial charge on any atom is 0.295 e. The summed E-state index contributed by atoms with van der Waals surface area (Å²) in [5.41, 5.74) is 2.12. The Morgan fingerprint density at radius 1 is 1.06 bits per heavy atom. The molecule has 0 spiro atoms. The number of ether oxygens (including phenoxy) is 2. The number of rotatable bonds is 7. The van der Waals surface area contributed by atoms with Crippen LogP contribution in [-0.2, 0) is 9.59 Å². The lowest BCUT2D eigenvalue weighted by molar-refractivity contribution is -0.140. The fraction of sp³-hybridized carbons (Fsp3) is 0.333. The third kappa shape index (κ3) is 4.27. The Labute approximate surface area is 182 Å². The van der Waals surface area contributed by atoms with Crippen molar-refractivity contribution in [2.45, 2.75) is 13.0 Å². The zero-order valence-electron chi connectivity index (χ0n) is 18.5. The average molecular weight is 424 g/mol. The van der Waals surface area contributed by atoms with Crippen LogP contribution < -0.4 is 9.47 Å². The van der Waals surface area contributed by atoms with Gasteiger partial charge in [-0.05, 0) is 27.1 Å². The zero-order chi connectivity index (χ0) is 22.7. The topological polar surface area (TPSA) is 79.3 Å². The number of likely N-dealkylation sites (N-methyl/N-ethyl adjacent to an activating group) is 1. The maximum atomic E-state index is 13.1. The Hall–Kier alpha value is -3.32. The number of hydrogen-bond donors (Lipinski definition) is 1. The van der Waals surface area contributed by atoms with Crippen molar-refractivity contribution in [3.8, 4) is 11.5 Å². The lowest BCUT2D eigenvalue weighted by Crippen LogP contribution is -2.35. The second-order valence-corrected chi connectivity index (χ2v) is 7.74. The van der Waals surface area contributed by atoms with Crippen LogP contribution in [0.5, 0.6) is 11.5 Å². The van der Waals surface area contributed by atoms with Crippen LogP contribution in [0.4, 0.5) is 0 Å². The zero-order valence-corrected chi connectivity index (χ0v) is 18.5. The largest absolute Gasteiger partial charge is 0.507 e. The number of carbonyl (C=O) groups is 2. The molecule has 1 amide bonds. The maximum absolute atomic E-state index is 13.1. The first-order chi connectivity index (χ1) is 14.8. The molecule has 0 aromatic heterocycles. The number of para-hydroxylation sites is 1. The number of benzene rings is 2. The molecule has 0 radical (unpaired) electrons. The molecule has 0 aliphatic carbocycles. The van der Waals surface area contributed by atoms with Crippen LogP contribution in [0.15, 0.2) is 48.0 Å². The van der Waals surface area contributed by atoms with E-state index in [1.54, 1.807) is 30.3 Å². The van der Waals surface area contributed by atoms with Gasteiger partial charge in [0.15, 0.2) is 11.5 Å². The highest BCUT2D eigenvalue weighted by atomic mass is 16.5.